The van der Waals surface area contributed by atoms with Crippen molar-refractivity contribution in [2.24, 2.45) is 5.14 Å². The monoisotopic (exact) mass is 396 g/mol. The minimum atomic E-state index is -4.01. The molecule has 116 valence electrons. The summed E-state index contributed by atoms with van der Waals surface area (Å²) in [4.78, 5) is 13.8. The molecule has 0 aromatic heterocycles. The summed E-state index contributed by atoms with van der Waals surface area (Å²) >= 11 is 9.22. The maximum atomic E-state index is 12.5. The highest BCUT2D eigenvalue weighted by Gasteiger charge is 2.29. The molecule has 0 bridgehead atoms. The molecule has 1 aromatic rings. The molecule has 0 spiro atoms. The van der Waals surface area contributed by atoms with Gasteiger partial charge in [0, 0.05) is 24.7 Å². The highest BCUT2D eigenvalue weighted by Crippen LogP contribution is 2.30. The van der Waals surface area contributed by atoms with Gasteiger partial charge >= 0.3 is 0 Å². The Hall–Kier alpha value is -0.670. The van der Waals surface area contributed by atoms with Gasteiger partial charge in [-0.15, -0.1) is 0 Å². The van der Waals surface area contributed by atoms with E-state index in [9.17, 15) is 13.2 Å². The fourth-order valence-electron chi connectivity index (χ4n) is 2.20. The molecule has 0 aliphatic carbocycles. The van der Waals surface area contributed by atoms with E-state index in [0.29, 0.717) is 17.6 Å². The van der Waals surface area contributed by atoms with E-state index in [0.717, 1.165) is 6.42 Å². The molecule has 1 atom stereocenters. The summed E-state index contributed by atoms with van der Waals surface area (Å²) in [6.07, 6.45) is 0.716. The zero-order valence-electron chi connectivity index (χ0n) is 11.2. The number of methoxy groups -OCH3 is 1. The van der Waals surface area contributed by atoms with E-state index in [1.807, 2.05) is 0 Å². The number of primary sulfonamides is 1. The molecule has 6 nitrogen and oxygen atoms in total. The van der Waals surface area contributed by atoms with Crippen molar-refractivity contribution in [3.8, 4) is 0 Å². The van der Waals surface area contributed by atoms with Crippen molar-refractivity contribution in [3.05, 3.63) is 27.2 Å². The quantitative estimate of drug-likeness (QED) is 0.839. The number of carbonyl (C=O) groups is 1. The second kappa shape index (κ2) is 6.21. The Bertz CT molecular complexity index is 680. The fraction of sp³-hybridized carbons (Fsp3) is 0.417. The molecular formula is C12H14BrClN2O4S. The Morgan fingerprint density at radius 3 is 2.71 bits per heavy atom. The number of nitrogens with two attached hydrogens (primary N) is 1. The van der Waals surface area contributed by atoms with E-state index in [-0.39, 0.29) is 27.5 Å². The molecule has 9 heteroatoms. The summed E-state index contributed by atoms with van der Waals surface area (Å²) in [5.74, 6) is -0.342. The molecule has 21 heavy (non-hydrogen) atoms. The van der Waals surface area contributed by atoms with Crippen LogP contribution in [0.1, 0.15) is 16.8 Å². The summed E-state index contributed by atoms with van der Waals surface area (Å²) in [6, 6.07) is 2.76. The zero-order chi connectivity index (χ0) is 15.8. The lowest BCUT2D eigenvalue weighted by Crippen LogP contribution is -2.30. The average Bonchev–Trinajstić information content (AvgIpc) is 2.87. The summed E-state index contributed by atoms with van der Waals surface area (Å²) in [6.45, 7) is 0.980. The standard InChI is InChI=1S/C12H14BrClN2O4S/c1-20-8-2-3-16(6-8)12(17)9-4-7(13)5-10(11(9)14)21(15,18)19/h4-5,8H,2-3,6H2,1H3,(H2,15,18,19). The van der Waals surface area contributed by atoms with Crippen LogP contribution < -0.4 is 5.14 Å². The summed E-state index contributed by atoms with van der Waals surface area (Å²) < 4.78 is 28.7. The number of nitrogens with zero attached hydrogens (tertiary/aromatic N) is 1. The molecule has 2 rings (SSSR count). The summed E-state index contributed by atoms with van der Waals surface area (Å²) in [5.41, 5.74) is 0.104. The van der Waals surface area contributed by atoms with E-state index in [1.54, 1.807) is 12.0 Å². The third-order valence-electron chi connectivity index (χ3n) is 3.31. The largest absolute Gasteiger partial charge is 0.380 e. The maximum Gasteiger partial charge on any atom is 0.255 e. The Kier molecular flexibility index (Phi) is 4.94. The van der Waals surface area contributed by atoms with Gasteiger partial charge in [0.05, 0.1) is 16.7 Å². The van der Waals surface area contributed by atoms with Crippen molar-refractivity contribution in [1.82, 2.24) is 4.90 Å². The van der Waals surface area contributed by atoms with E-state index in [2.05, 4.69) is 15.9 Å². The highest BCUT2D eigenvalue weighted by molar-refractivity contribution is 9.10. The van der Waals surface area contributed by atoms with Gasteiger partial charge in [0.25, 0.3) is 5.91 Å². The van der Waals surface area contributed by atoms with E-state index in [4.69, 9.17) is 21.5 Å². The fourth-order valence-corrected chi connectivity index (χ4v) is 3.98. The van der Waals surface area contributed by atoms with Crippen LogP contribution in [0, 0.1) is 0 Å². The first-order valence-electron chi connectivity index (χ1n) is 6.08. The first-order chi connectivity index (χ1) is 9.74. The summed E-state index contributed by atoms with van der Waals surface area (Å²) in [7, 11) is -2.42. The van der Waals surface area contributed by atoms with Crippen molar-refractivity contribution >= 4 is 43.5 Å². The van der Waals surface area contributed by atoms with Gasteiger partial charge in [-0.25, -0.2) is 13.6 Å². The molecule has 0 saturated carbocycles. The molecule has 0 radical (unpaired) electrons. The number of carbonyl (C=O) groups excluding carboxylic acids is 1. The molecule has 1 amide bonds. The number of halogens is 2. The lowest BCUT2D eigenvalue weighted by Gasteiger charge is -2.18. The Labute approximate surface area is 136 Å². The normalized spacial score (nSPS) is 19.0. The van der Waals surface area contributed by atoms with Crippen molar-refractivity contribution < 1.29 is 17.9 Å². The van der Waals surface area contributed by atoms with Gasteiger partial charge in [0.15, 0.2) is 0 Å². The number of sulfonamides is 1. The van der Waals surface area contributed by atoms with Gasteiger partial charge in [-0.2, -0.15) is 0 Å². The predicted octanol–water partition coefficient (Wildman–Crippen LogP) is 1.61. The summed E-state index contributed by atoms with van der Waals surface area (Å²) in [5, 5.41) is 4.95. The Balaban J connectivity index is 2.41. The molecule has 1 unspecified atom stereocenters. The van der Waals surface area contributed by atoms with Crippen LogP contribution in [0.2, 0.25) is 5.02 Å². The number of rotatable bonds is 3. The SMILES string of the molecule is COC1CCN(C(=O)c2cc(Br)cc(S(N)(=O)=O)c2Cl)C1. The van der Waals surface area contributed by atoms with Crippen LogP contribution in [0.15, 0.2) is 21.5 Å². The molecule has 1 heterocycles. The molecule has 1 aromatic carbocycles. The van der Waals surface area contributed by atoms with Crippen LogP contribution in [-0.2, 0) is 14.8 Å². The van der Waals surface area contributed by atoms with Gasteiger partial charge in [0.1, 0.15) is 4.90 Å². The minimum Gasteiger partial charge on any atom is -0.380 e. The number of ether oxygens (including phenoxy) is 1. The van der Waals surface area contributed by atoms with Crippen LogP contribution in [0.25, 0.3) is 0 Å². The molecule has 2 N–H and O–H groups in total. The Morgan fingerprint density at radius 2 is 2.19 bits per heavy atom. The number of benzene rings is 1. The van der Waals surface area contributed by atoms with Crippen LogP contribution in [0.3, 0.4) is 0 Å². The molecule has 1 aliphatic heterocycles. The number of likely N-dealkylation sites (tertiary alicyclic amines) is 1. The molecule has 1 fully saturated rings. The predicted molar refractivity (Wildman–Crippen MR) is 81.8 cm³/mol. The first-order valence-corrected chi connectivity index (χ1v) is 8.79. The Morgan fingerprint density at radius 1 is 1.52 bits per heavy atom. The molecular weight excluding hydrogens is 384 g/mol. The van der Waals surface area contributed by atoms with Crippen molar-refractivity contribution in [2.45, 2.75) is 17.4 Å². The van der Waals surface area contributed by atoms with Gasteiger partial charge in [-0.05, 0) is 18.6 Å². The van der Waals surface area contributed by atoms with Crippen LogP contribution in [-0.4, -0.2) is 45.5 Å². The average molecular weight is 398 g/mol. The highest BCUT2D eigenvalue weighted by atomic mass is 79.9. The van der Waals surface area contributed by atoms with Gasteiger partial charge in [0.2, 0.25) is 10.0 Å². The van der Waals surface area contributed by atoms with Crippen LogP contribution >= 0.6 is 27.5 Å². The van der Waals surface area contributed by atoms with E-state index >= 15 is 0 Å². The minimum absolute atomic E-state index is 0.0161. The first kappa shape index (κ1) is 16.7. The van der Waals surface area contributed by atoms with Crippen LogP contribution in [0.4, 0.5) is 0 Å². The molecule has 1 aliphatic rings. The lowest BCUT2D eigenvalue weighted by atomic mass is 10.2. The number of amides is 1. The topological polar surface area (TPSA) is 89.7 Å². The van der Waals surface area contributed by atoms with Crippen LogP contribution in [0.5, 0.6) is 0 Å². The second-order valence-corrected chi connectivity index (χ2v) is 7.53. The third kappa shape index (κ3) is 3.57. The second-order valence-electron chi connectivity index (χ2n) is 4.71. The number of hydrogen-bond acceptors (Lipinski definition) is 4. The third-order valence-corrected chi connectivity index (χ3v) is 5.22. The van der Waals surface area contributed by atoms with Gasteiger partial charge < -0.3 is 9.64 Å². The zero-order valence-corrected chi connectivity index (χ0v) is 14.3. The lowest BCUT2D eigenvalue weighted by molar-refractivity contribution is 0.0724. The van der Waals surface area contributed by atoms with Gasteiger partial charge in [-0.3, -0.25) is 4.79 Å². The molecule has 1 saturated heterocycles. The van der Waals surface area contributed by atoms with Crippen molar-refractivity contribution in [2.75, 3.05) is 20.2 Å². The van der Waals surface area contributed by atoms with Crippen molar-refractivity contribution in [3.63, 3.8) is 0 Å². The van der Waals surface area contributed by atoms with Crippen molar-refractivity contribution in [1.29, 1.82) is 0 Å². The van der Waals surface area contributed by atoms with E-state index in [1.165, 1.54) is 12.1 Å². The smallest absolute Gasteiger partial charge is 0.255 e. The van der Waals surface area contributed by atoms with Gasteiger partial charge in [-0.1, -0.05) is 27.5 Å². The maximum absolute atomic E-state index is 12.5. The van der Waals surface area contributed by atoms with E-state index < -0.39 is 10.0 Å². The number of hydrogen-bond donors (Lipinski definition) is 1.